The Labute approximate surface area is 97.1 Å². The number of halogens is 4. The second-order valence-corrected chi connectivity index (χ2v) is 3.27. The zero-order chi connectivity index (χ0) is 12.5. The largest absolute Gasteiger partial charge is 0.300 e. The third-order valence-electron chi connectivity index (χ3n) is 1.60. The van der Waals surface area contributed by atoms with Gasteiger partial charge in [-0.3, -0.25) is 14.9 Å². The fraction of sp³-hybridized carbons (Fsp3) is 0.143. The van der Waals surface area contributed by atoms with Crippen molar-refractivity contribution in [3.63, 3.8) is 0 Å². The van der Waals surface area contributed by atoms with Crippen LogP contribution in [0.4, 0.5) is 14.5 Å². The molecule has 1 heterocycles. The number of pyridine rings is 1. The zero-order valence-corrected chi connectivity index (χ0v) is 8.80. The maximum Gasteiger partial charge on any atom is 0.300 e. The first-order valence-corrected chi connectivity index (χ1v) is 4.43. The molecule has 0 aromatic carbocycles. The SMILES string of the molecule is O=C(Cl)c1nc(Cl)c(C(F)F)cc1[N+](=O)[O-]. The van der Waals surface area contributed by atoms with Crippen molar-refractivity contribution in [1.29, 1.82) is 0 Å². The van der Waals surface area contributed by atoms with Crippen LogP contribution in [0.15, 0.2) is 6.07 Å². The third-order valence-corrected chi connectivity index (χ3v) is 2.08. The number of hydrogen-bond acceptors (Lipinski definition) is 4. The molecule has 0 unspecified atom stereocenters. The van der Waals surface area contributed by atoms with Crippen LogP contribution in [-0.4, -0.2) is 15.1 Å². The maximum atomic E-state index is 12.3. The monoisotopic (exact) mass is 270 g/mol. The Kier molecular flexibility index (Phi) is 3.71. The van der Waals surface area contributed by atoms with Gasteiger partial charge in [0.25, 0.3) is 11.7 Å². The van der Waals surface area contributed by atoms with E-state index in [4.69, 9.17) is 23.2 Å². The van der Waals surface area contributed by atoms with Crippen LogP contribution in [0.1, 0.15) is 22.5 Å². The van der Waals surface area contributed by atoms with Gasteiger partial charge >= 0.3 is 5.69 Å². The van der Waals surface area contributed by atoms with Crippen LogP contribution in [0.3, 0.4) is 0 Å². The number of rotatable bonds is 3. The Morgan fingerprint density at radius 1 is 1.56 bits per heavy atom. The summed E-state index contributed by atoms with van der Waals surface area (Å²) in [4.78, 5) is 23.4. The van der Waals surface area contributed by atoms with Crippen LogP contribution in [-0.2, 0) is 0 Å². The lowest BCUT2D eigenvalue weighted by Gasteiger charge is -2.04. The van der Waals surface area contributed by atoms with Gasteiger partial charge in [0.15, 0.2) is 0 Å². The predicted molar refractivity (Wildman–Crippen MR) is 51.0 cm³/mol. The van der Waals surface area contributed by atoms with E-state index in [0.29, 0.717) is 6.07 Å². The number of nitrogens with zero attached hydrogens (tertiary/aromatic N) is 2. The highest BCUT2D eigenvalue weighted by Crippen LogP contribution is 2.31. The molecule has 0 saturated carbocycles. The molecule has 0 fully saturated rings. The molecule has 0 aliphatic rings. The summed E-state index contributed by atoms with van der Waals surface area (Å²) in [6.45, 7) is 0. The lowest BCUT2D eigenvalue weighted by molar-refractivity contribution is -0.385. The molecule has 1 rings (SSSR count). The number of aromatic nitrogens is 1. The maximum absolute atomic E-state index is 12.3. The highest BCUT2D eigenvalue weighted by atomic mass is 35.5. The Bertz CT molecular complexity index is 467. The smallest absolute Gasteiger partial charge is 0.274 e. The van der Waals surface area contributed by atoms with Gasteiger partial charge < -0.3 is 0 Å². The number of carbonyl (C=O) groups is 1. The molecule has 0 spiro atoms. The first-order valence-electron chi connectivity index (χ1n) is 3.67. The fourth-order valence-corrected chi connectivity index (χ4v) is 1.29. The van der Waals surface area contributed by atoms with Crippen molar-refractivity contribution >= 4 is 34.1 Å². The molecule has 0 N–H and O–H groups in total. The van der Waals surface area contributed by atoms with Crippen molar-refractivity contribution < 1.29 is 18.5 Å². The van der Waals surface area contributed by atoms with E-state index in [1.165, 1.54) is 0 Å². The second kappa shape index (κ2) is 4.67. The van der Waals surface area contributed by atoms with E-state index in [2.05, 4.69) is 4.98 Å². The summed E-state index contributed by atoms with van der Waals surface area (Å²) in [5.74, 6) is 0. The highest BCUT2D eigenvalue weighted by molar-refractivity contribution is 6.68. The minimum atomic E-state index is -3.03. The van der Waals surface area contributed by atoms with E-state index >= 15 is 0 Å². The molecule has 1 aromatic heterocycles. The quantitative estimate of drug-likeness (QED) is 0.366. The van der Waals surface area contributed by atoms with E-state index in [-0.39, 0.29) is 0 Å². The summed E-state index contributed by atoms with van der Waals surface area (Å²) in [6, 6.07) is 0.482. The molecule has 0 bridgehead atoms. The van der Waals surface area contributed by atoms with Crippen LogP contribution < -0.4 is 0 Å². The third kappa shape index (κ3) is 2.42. The molecule has 0 amide bonds. The second-order valence-electron chi connectivity index (χ2n) is 2.57. The van der Waals surface area contributed by atoms with Crippen LogP contribution in [0.5, 0.6) is 0 Å². The lowest BCUT2D eigenvalue weighted by Crippen LogP contribution is -2.04. The average molecular weight is 271 g/mol. The molecule has 1 aromatic rings. The molecular formula is C7H2Cl2F2N2O3. The molecule has 16 heavy (non-hydrogen) atoms. The van der Waals surface area contributed by atoms with E-state index < -0.39 is 38.7 Å². The topological polar surface area (TPSA) is 73.1 Å². The van der Waals surface area contributed by atoms with Gasteiger partial charge in [-0.05, 0) is 11.6 Å². The minimum Gasteiger partial charge on any atom is -0.274 e. The number of hydrogen-bond donors (Lipinski definition) is 0. The number of alkyl halides is 2. The van der Waals surface area contributed by atoms with Crippen molar-refractivity contribution in [1.82, 2.24) is 4.98 Å². The standard InChI is InChI=1S/C7H2Cl2F2N2O3/c8-5-2(7(10)11)1-3(13(15)16)4(12-5)6(9)14/h1,7H. The summed E-state index contributed by atoms with van der Waals surface area (Å²) in [6.07, 6.45) is -3.03. The molecule has 0 aliphatic heterocycles. The fourth-order valence-electron chi connectivity index (χ4n) is 0.932. The summed E-state index contributed by atoms with van der Waals surface area (Å²) in [7, 11) is 0. The van der Waals surface area contributed by atoms with Crippen molar-refractivity contribution in [2.24, 2.45) is 0 Å². The van der Waals surface area contributed by atoms with Gasteiger partial charge in [0.2, 0.25) is 5.69 Å². The summed E-state index contributed by atoms with van der Waals surface area (Å²) in [5, 5.41) is 8.55. The van der Waals surface area contributed by atoms with Crippen LogP contribution in [0.2, 0.25) is 5.15 Å². The van der Waals surface area contributed by atoms with Crippen molar-refractivity contribution in [3.8, 4) is 0 Å². The average Bonchev–Trinajstić information content (AvgIpc) is 2.15. The Morgan fingerprint density at radius 3 is 2.50 bits per heavy atom. The first-order chi connectivity index (χ1) is 7.34. The molecule has 9 heteroatoms. The number of nitro groups is 1. The van der Waals surface area contributed by atoms with Crippen LogP contribution in [0, 0.1) is 10.1 Å². The van der Waals surface area contributed by atoms with Crippen LogP contribution in [0.25, 0.3) is 0 Å². The van der Waals surface area contributed by atoms with Gasteiger partial charge in [0, 0.05) is 6.07 Å². The molecule has 0 atom stereocenters. The molecular weight excluding hydrogens is 269 g/mol. The predicted octanol–water partition coefficient (Wildman–Crippen LogP) is 2.96. The van der Waals surface area contributed by atoms with Crippen molar-refractivity contribution in [2.75, 3.05) is 0 Å². The van der Waals surface area contributed by atoms with Gasteiger partial charge in [-0.15, -0.1) is 0 Å². The summed E-state index contributed by atoms with van der Waals surface area (Å²) < 4.78 is 24.7. The first kappa shape index (κ1) is 12.7. The Balaban J connectivity index is 3.49. The molecule has 0 saturated heterocycles. The number of carbonyl (C=O) groups excluding carboxylic acids is 1. The molecule has 0 radical (unpaired) electrons. The Hall–Kier alpha value is -1.34. The lowest BCUT2D eigenvalue weighted by atomic mass is 10.2. The van der Waals surface area contributed by atoms with Crippen molar-refractivity contribution in [2.45, 2.75) is 6.43 Å². The van der Waals surface area contributed by atoms with E-state index in [0.717, 1.165) is 0 Å². The molecule has 0 aliphatic carbocycles. The van der Waals surface area contributed by atoms with Crippen molar-refractivity contribution in [3.05, 3.63) is 32.6 Å². The van der Waals surface area contributed by atoms with E-state index in [1.807, 2.05) is 0 Å². The molecule has 86 valence electrons. The summed E-state index contributed by atoms with van der Waals surface area (Å²) >= 11 is 10.3. The van der Waals surface area contributed by atoms with E-state index in [9.17, 15) is 23.7 Å². The van der Waals surface area contributed by atoms with Gasteiger partial charge in [-0.2, -0.15) is 0 Å². The highest BCUT2D eigenvalue weighted by Gasteiger charge is 2.26. The Morgan fingerprint density at radius 2 is 2.12 bits per heavy atom. The summed E-state index contributed by atoms with van der Waals surface area (Å²) in [5.41, 5.74) is -2.49. The molecule has 5 nitrogen and oxygen atoms in total. The van der Waals surface area contributed by atoms with Gasteiger partial charge in [0.1, 0.15) is 5.15 Å². The van der Waals surface area contributed by atoms with Gasteiger partial charge in [-0.1, -0.05) is 11.6 Å². The van der Waals surface area contributed by atoms with E-state index in [1.54, 1.807) is 0 Å². The normalized spacial score (nSPS) is 10.6. The zero-order valence-electron chi connectivity index (χ0n) is 7.29. The van der Waals surface area contributed by atoms with Gasteiger partial charge in [0.05, 0.1) is 10.5 Å². The minimum absolute atomic E-state index is 0.482. The van der Waals surface area contributed by atoms with Gasteiger partial charge in [-0.25, -0.2) is 13.8 Å². The van der Waals surface area contributed by atoms with Crippen LogP contribution >= 0.6 is 23.2 Å².